The van der Waals surface area contributed by atoms with Gasteiger partial charge in [0.2, 0.25) is 0 Å². The third-order valence-electron chi connectivity index (χ3n) is 4.04. The summed E-state index contributed by atoms with van der Waals surface area (Å²) in [5.74, 6) is 1.49. The second-order valence-electron chi connectivity index (χ2n) is 5.73. The van der Waals surface area contributed by atoms with Crippen LogP contribution in [0.3, 0.4) is 0 Å². The minimum atomic E-state index is -0.0471. The zero-order valence-corrected chi connectivity index (χ0v) is 17.1. The molecule has 3 N–H and O–H groups in total. The van der Waals surface area contributed by atoms with E-state index in [9.17, 15) is 0 Å². The van der Waals surface area contributed by atoms with E-state index < -0.39 is 0 Å². The van der Waals surface area contributed by atoms with Gasteiger partial charge in [-0.05, 0) is 31.0 Å². The molecule has 1 aromatic heterocycles. The zero-order chi connectivity index (χ0) is 16.4. The molecule has 2 atom stereocenters. The average molecular weight is 480 g/mol. The van der Waals surface area contributed by atoms with Crippen molar-refractivity contribution in [2.75, 3.05) is 0 Å². The fourth-order valence-corrected chi connectivity index (χ4v) is 3.40. The number of nitrogens with two attached hydrogens (primary N) is 1. The van der Waals surface area contributed by atoms with E-state index in [2.05, 4.69) is 19.9 Å². The highest BCUT2D eigenvalue weighted by Crippen LogP contribution is 2.26. The summed E-state index contributed by atoms with van der Waals surface area (Å²) < 4.78 is 2.16. The number of nitrogens with one attached hydrogen (secondary N) is 1. The molecule has 0 saturated heterocycles. The third-order valence-corrected chi connectivity index (χ3v) is 4.60. The molecule has 0 saturated carbocycles. The highest BCUT2D eigenvalue weighted by Gasteiger charge is 2.19. The smallest absolute Gasteiger partial charge is 0.189 e. The van der Waals surface area contributed by atoms with Crippen LogP contribution in [0.5, 0.6) is 0 Å². The molecule has 0 spiro atoms. The molecule has 3 rings (SSSR count). The van der Waals surface area contributed by atoms with Gasteiger partial charge in [-0.3, -0.25) is 0 Å². The summed E-state index contributed by atoms with van der Waals surface area (Å²) in [6.07, 6.45) is 5.60. The molecule has 0 fully saturated rings. The molecule has 0 bridgehead atoms. The van der Waals surface area contributed by atoms with Crippen LogP contribution >= 0.6 is 47.2 Å². The maximum Gasteiger partial charge on any atom is 0.189 e. The van der Waals surface area contributed by atoms with Crippen LogP contribution in [-0.2, 0) is 13.0 Å². The van der Waals surface area contributed by atoms with E-state index in [0.717, 1.165) is 30.8 Å². The topological polar surface area (TPSA) is 68.2 Å². The lowest BCUT2D eigenvalue weighted by Gasteiger charge is -2.22. The van der Waals surface area contributed by atoms with Crippen molar-refractivity contribution in [3.63, 3.8) is 0 Å². The van der Waals surface area contributed by atoms with Gasteiger partial charge in [0, 0.05) is 35.4 Å². The molecular weight excluding hydrogens is 460 g/mol. The molecule has 8 heteroatoms. The van der Waals surface area contributed by atoms with Crippen molar-refractivity contribution in [1.29, 1.82) is 0 Å². The number of guanidine groups is 1. The van der Waals surface area contributed by atoms with Gasteiger partial charge in [0.05, 0.1) is 12.1 Å². The Balaban J connectivity index is 0.00000208. The monoisotopic (exact) mass is 479 g/mol. The molecule has 5 nitrogen and oxygen atoms in total. The van der Waals surface area contributed by atoms with E-state index in [4.69, 9.17) is 28.9 Å². The molecular formula is C16H20Cl2IN5. The van der Waals surface area contributed by atoms with Crippen LogP contribution in [-0.4, -0.2) is 21.6 Å². The largest absolute Gasteiger partial charge is 0.370 e. The van der Waals surface area contributed by atoms with E-state index in [0.29, 0.717) is 16.0 Å². The lowest BCUT2D eigenvalue weighted by atomic mass is 10.1. The van der Waals surface area contributed by atoms with E-state index >= 15 is 0 Å². The third kappa shape index (κ3) is 4.55. The van der Waals surface area contributed by atoms with Crippen molar-refractivity contribution in [3.05, 3.63) is 52.0 Å². The van der Waals surface area contributed by atoms with Crippen molar-refractivity contribution in [2.45, 2.75) is 38.4 Å². The summed E-state index contributed by atoms with van der Waals surface area (Å²) in [6.45, 7) is 2.92. The van der Waals surface area contributed by atoms with Gasteiger partial charge in [0.25, 0.3) is 0 Å². The molecule has 1 aromatic carbocycles. The number of imidazole rings is 1. The van der Waals surface area contributed by atoms with Crippen molar-refractivity contribution >= 4 is 53.1 Å². The van der Waals surface area contributed by atoms with Gasteiger partial charge in [0.15, 0.2) is 5.96 Å². The minimum Gasteiger partial charge on any atom is -0.370 e. The molecule has 24 heavy (non-hydrogen) atoms. The summed E-state index contributed by atoms with van der Waals surface area (Å²) in [5.41, 5.74) is 7.00. The first kappa shape index (κ1) is 19.3. The van der Waals surface area contributed by atoms with Gasteiger partial charge in [0.1, 0.15) is 5.82 Å². The Bertz CT molecular complexity index is 731. The second kappa shape index (κ2) is 8.40. The highest BCUT2D eigenvalue weighted by atomic mass is 127. The summed E-state index contributed by atoms with van der Waals surface area (Å²) >= 11 is 12.2. The quantitative estimate of drug-likeness (QED) is 0.399. The molecule has 1 aliphatic heterocycles. The maximum atomic E-state index is 6.23. The Morgan fingerprint density at radius 1 is 1.46 bits per heavy atom. The molecule has 0 radical (unpaired) electrons. The molecule has 0 aliphatic carbocycles. The highest BCUT2D eigenvalue weighted by molar-refractivity contribution is 14.0. The fraction of sp³-hybridized carbons (Fsp3) is 0.375. The minimum absolute atomic E-state index is 0. The van der Waals surface area contributed by atoms with E-state index in [1.54, 1.807) is 6.07 Å². The Morgan fingerprint density at radius 2 is 2.25 bits per heavy atom. The van der Waals surface area contributed by atoms with Crippen LogP contribution < -0.4 is 11.1 Å². The van der Waals surface area contributed by atoms with Crippen LogP contribution in [0.4, 0.5) is 0 Å². The SMILES string of the molecule is CC(NC(N)=NC1CCn2ccnc2C1)c1ccc(Cl)cc1Cl.I. The molecule has 0 amide bonds. The number of rotatable bonds is 3. The van der Waals surface area contributed by atoms with Gasteiger partial charge in [-0.2, -0.15) is 0 Å². The number of hydrogen-bond acceptors (Lipinski definition) is 2. The van der Waals surface area contributed by atoms with E-state index in [1.807, 2.05) is 31.5 Å². The predicted molar refractivity (Wildman–Crippen MR) is 109 cm³/mol. The number of benzene rings is 1. The van der Waals surface area contributed by atoms with Crippen LogP contribution in [0, 0.1) is 0 Å². The number of aryl methyl sites for hydroxylation is 1. The Kier molecular flexibility index (Phi) is 6.77. The van der Waals surface area contributed by atoms with Gasteiger partial charge in [-0.15, -0.1) is 24.0 Å². The summed E-state index contributed by atoms with van der Waals surface area (Å²) in [4.78, 5) is 8.93. The van der Waals surface area contributed by atoms with E-state index in [-0.39, 0.29) is 36.1 Å². The number of aromatic nitrogens is 2. The summed E-state index contributed by atoms with van der Waals surface area (Å²) in [5, 5.41) is 4.43. The van der Waals surface area contributed by atoms with Crippen molar-refractivity contribution < 1.29 is 0 Å². The Hall–Kier alpha value is -0.990. The molecule has 130 valence electrons. The lowest BCUT2D eigenvalue weighted by Crippen LogP contribution is -2.36. The van der Waals surface area contributed by atoms with E-state index in [1.165, 1.54) is 0 Å². The summed E-state index contributed by atoms with van der Waals surface area (Å²) in [6, 6.07) is 5.55. The first-order valence-electron chi connectivity index (χ1n) is 7.57. The number of aliphatic imine (C=N–C) groups is 1. The number of nitrogens with zero attached hydrogens (tertiary/aromatic N) is 3. The lowest BCUT2D eigenvalue weighted by molar-refractivity contribution is 0.463. The van der Waals surface area contributed by atoms with Crippen molar-refractivity contribution in [1.82, 2.24) is 14.9 Å². The Labute approximate surface area is 168 Å². The van der Waals surface area contributed by atoms with Crippen LogP contribution in [0.25, 0.3) is 0 Å². The first-order valence-corrected chi connectivity index (χ1v) is 8.33. The Morgan fingerprint density at radius 3 is 3.00 bits per heavy atom. The van der Waals surface area contributed by atoms with Crippen LogP contribution in [0.15, 0.2) is 35.6 Å². The number of halogens is 3. The van der Waals surface area contributed by atoms with Crippen LogP contribution in [0.1, 0.15) is 30.8 Å². The summed E-state index contributed by atoms with van der Waals surface area (Å²) in [7, 11) is 0. The number of fused-ring (bicyclic) bond motifs is 1. The predicted octanol–water partition coefficient (Wildman–Crippen LogP) is 3.79. The van der Waals surface area contributed by atoms with Crippen LogP contribution in [0.2, 0.25) is 10.0 Å². The molecule has 2 unspecified atom stereocenters. The molecule has 2 aromatic rings. The maximum absolute atomic E-state index is 6.23. The molecule has 1 aliphatic rings. The normalized spacial score (nSPS) is 18.5. The van der Waals surface area contributed by atoms with Gasteiger partial charge >= 0.3 is 0 Å². The standard InChI is InChI=1S/C16H19Cl2N5.HI/c1-10(13-3-2-11(17)8-14(13)18)21-16(19)22-12-4-6-23-7-5-20-15(23)9-12;/h2-3,5,7-8,10,12H,4,6,9H2,1H3,(H3,19,21,22);1H. The fourth-order valence-electron chi connectivity index (χ4n) is 2.83. The molecule has 2 heterocycles. The van der Waals surface area contributed by atoms with Gasteiger partial charge < -0.3 is 15.6 Å². The first-order chi connectivity index (χ1) is 11.0. The van der Waals surface area contributed by atoms with Gasteiger partial charge in [-0.25, -0.2) is 9.98 Å². The average Bonchev–Trinajstić information content (AvgIpc) is 2.94. The van der Waals surface area contributed by atoms with Crippen molar-refractivity contribution in [3.8, 4) is 0 Å². The van der Waals surface area contributed by atoms with Gasteiger partial charge in [-0.1, -0.05) is 29.3 Å². The number of hydrogen-bond donors (Lipinski definition) is 2. The van der Waals surface area contributed by atoms with Crippen molar-refractivity contribution in [2.24, 2.45) is 10.7 Å². The second-order valence-corrected chi connectivity index (χ2v) is 6.57. The zero-order valence-electron chi connectivity index (χ0n) is 13.2.